The van der Waals surface area contributed by atoms with Crippen molar-refractivity contribution in [1.29, 1.82) is 0 Å². The van der Waals surface area contributed by atoms with Gasteiger partial charge in [-0.25, -0.2) is 4.57 Å². The summed E-state index contributed by atoms with van der Waals surface area (Å²) in [5, 5.41) is 8.63. The molecule has 0 bridgehead atoms. The first kappa shape index (κ1) is 14.0. The molecule has 0 aliphatic rings. The van der Waals surface area contributed by atoms with Crippen molar-refractivity contribution in [2.24, 2.45) is 0 Å². The van der Waals surface area contributed by atoms with Crippen molar-refractivity contribution in [2.75, 3.05) is 0 Å². The number of aliphatic carboxylic acids is 1. The second-order valence-electron chi connectivity index (χ2n) is 4.76. The topological polar surface area (TPSA) is 41.2 Å². The lowest BCUT2D eigenvalue weighted by atomic mass is 10.1. The molecule has 0 amide bonds. The molecule has 0 spiro atoms. The maximum Gasteiger partial charge on any atom is 0.309 e. The second kappa shape index (κ2) is 6.66. The van der Waals surface area contributed by atoms with Crippen LogP contribution in [0.3, 0.4) is 0 Å². The number of aromatic nitrogens is 1. The van der Waals surface area contributed by atoms with Gasteiger partial charge in [-0.05, 0) is 18.1 Å². The van der Waals surface area contributed by atoms with E-state index in [0.717, 1.165) is 5.56 Å². The third-order valence-corrected chi connectivity index (χ3v) is 3.05. The van der Waals surface area contributed by atoms with Gasteiger partial charge in [0.1, 0.15) is 6.42 Å². The highest BCUT2D eigenvalue weighted by molar-refractivity contribution is 5.69. The molecule has 0 atom stereocenters. The Kier molecular flexibility index (Phi) is 4.66. The van der Waals surface area contributed by atoms with Gasteiger partial charge in [0, 0.05) is 12.1 Å². The molecule has 20 heavy (non-hydrogen) atoms. The molecule has 0 radical (unpaired) electrons. The fourth-order valence-electron chi connectivity index (χ4n) is 1.82. The van der Waals surface area contributed by atoms with Crippen LogP contribution in [0.2, 0.25) is 0 Å². The molecule has 1 aromatic carbocycles. The number of hydrogen-bond donors (Lipinski definition) is 1. The monoisotopic (exact) mass is 268 g/mol. The van der Waals surface area contributed by atoms with Crippen LogP contribution in [0.4, 0.5) is 0 Å². The first-order chi connectivity index (χ1) is 9.63. The van der Waals surface area contributed by atoms with Gasteiger partial charge in [-0.2, -0.15) is 0 Å². The van der Waals surface area contributed by atoms with E-state index in [4.69, 9.17) is 5.11 Å². The van der Waals surface area contributed by atoms with Gasteiger partial charge in [-0.15, -0.1) is 0 Å². The Morgan fingerprint density at radius 1 is 1.05 bits per heavy atom. The molecular formula is C17H18NO2+. The molecule has 2 aromatic rings. The third-order valence-electron chi connectivity index (χ3n) is 3.05. The zero-order valence-corrected chi connectivity index (χ0v) is 11.5. The third kappa shape index (κ3) is 4.35. The molecule has 1 aromatic heterocycles. The first-order valence-corrected chi connectivity index (χ1v) is 6.59. The van der Waals surface area contributed by atoms with Crippen molar-refractivity contribution in [2.45, 2.75) is 19.9 Å². The Morgan fingerprint density at radius 2 is 1.60 bits per heavy atom. The van der Waals surface area contributed by atoms with Crippen molar-refractivity contribution in [1.82, 2.24) is 0 Å². The number of nitrogens with zero attached hydrogens (tertiary/aromatic N) is 1. The van der Waals surface area contributed by atoms with Gasteiger partial charge >= 0.3 is 5.97 Å². The molecule has 102 valence electrons. The van der Waals surface area contributed by atoms with E-state index >= 15 is 0 Å². The predicted molar refractivity (Wildman–Crippen MR) is 79.0 cm³/mol. The summed E-state index contributed by atoms with van der Waals surface area (Å²) in [5.74, 6) is -0.777. The Morgan fingerprint density at radius 3 is 2.15 bits per heavy atom. The molecule has 0 saturated carbocycles. The number of carboxylic acid groups (broad SMARTS) is 1. The quantitative estimate of drug-likeness (QED) is 0.847. The van der Waals surface area contributed by atoms with E-state index in [1.165, 1.54) is 11.1 Å². The van der Waals surface area contributed by atoms with Crippen LogP contribution >= 0.6 is 0 Å². The fraction of sp³-hybridized carbons (Fsp3) is 0.176. The van der Waals surface area contributed by atoms with Gasteiger partial charge in [-0.3, -0.25) is 4.79 Å². The highest BCUT2D eigenvalue weighted by Crippen LogP contribution is 2.08. The number of aryl methyl sites for hydroxylation is 2. The van der Waals surface area contributed by atoms with Crippen LogP contribution in [-0.2, 0) is 11.3 Å². The summed E-state index contributed by atoms with van der Waals surface area (Å²) in [5.41, 5.74) is 3.51. The smallest absolute Gasteiger partial charge is 0.309 e. The molecule has 3 nitrogen and oxygen atoms in total. The molecule has 0 fully saturated rings. The number of hydrogen-bond acceptors (Lipinski definition) is 1. The molecule has 0 unspecified atom stereocenters. The Labute approximate surface area is 118 Å². The van der Waals surface area contributed by atoms with Crippen LogP contribution < -0.4 is 4.57 Å². The van der Waals surface area contributed by atoms with Crippen LogP contribution in [0, 0.1) is 6.92 Å². The number of pyridine rings is 1. The number of carboxylic acids is 1. The lowest BCUT2D eigenvalue weighted by Gasteiger charge is -1.96. The maximum atomic E-state index is 10.5. The molecule has 0 aliphatic heterocycles. The molecule has 1 N–H and O–H groups in total. The second-order valence-corrected chi connectivity index (χ2v) is 4.76. The van der Waals surface area contributed by atoms with E-state index in [2.05, 4.69) is 37.3 Å². The Bertz CT molecular complexity index is 598. The van der Waals surface area contributed by atoms with E-state index in [0.29, 0.717) is 6.54 Å². The van der Waals surface area contributed by atoms with Crippen LogP contribution in [-0.4, -0.2) is 11.1 Å². The summed E-state index contributed by atoms with van der Waals surface area (Å²) >= 11 is 0. The molecule has 1 heterocycles. The van der Waals surface area contributed by atoms with Crippen LogP contribution in [0.1, 0.15) is 23.1 Å². The summed E-state index contributed by atoms with van der Waals surface area (Å²) in [6, 6.07) is 12.3. The molecule has 2 rings (SSSR count). The van der Waals surface area contributed by atoms with Crippen molar-refractivity contribution in [3.8, 4) is 0 Å². The van der Waals surface area contributed by atoms with E-state index < -0.39 is 5.97 Å². The predicted octanol–water partition coefficient (Wildman–Crippen LogP) is 2.93. The zero-order valence-electron chi connectivity index (χ0n) is 11.5. The van der Waals surface area contributed by atoms with E-state index in [-0.39, 0.29) is 6.42 Å². The highest BCUT2D eigenvalue weighted by Gasteiger charge is 2.03. The van der Waals surface area contributed by atoms with Gasteiger partial charge in [-0.1, -0.05) is 42.0 Å². The minimum Gasteiger partial charge on any atom is -0.481 e. The number of rotatable bonds is 5. The Balaban J connectivity index is 1.99. The average Bonchev–Trinajstić information content (AvgIpc) is 2.45. The lowest BCUT2D eigenvalue weighted by Crippen LogP contribution is -2.33. The standard InChI is InChI=1S/C17H17NO2/c1-14-2-4-15(5-3-14)6-7-16-8-11-18(12-9-16)13-10-17(19)20/h2-9,11-12H,10,13H2,1H3/p+1/b7-6-. The molecule has 3 heteroatoms. The van der Waals surface area contributed by atoms with E-state index in [9.17, 15) is 4.79 Å². The number of benzene rings is 1. The zero-order chi connectivity index (χ0) is 14.4. The van der Waals surface area contributed by atoms with Crippen molar-refractivity contribution in [3.63, 3.8) is 0 Å². The SMILES string of the molecule is Cc1ccc(/C=C\c2cc[n+](CCC(=O)O)cc2)cc1. The van der Waals surface area contributed by atoms with Gasteiger partial charge in [0.15, 0.2) is 18.9 Å². The highest BCUT2D eigenvalue weighted by atomic mass is 16.4. The van der Waals surface area contributed by atoms with Crippen molar-refractivity contribution >= 4 is 18.1 Å². The largest absolute Gasteiger partial charge is 0.481 e. The average molecular weight is 268 g/mol. The van der Waals surface area contributed by atoms with Crippen LogP contribution in [0.15, 0.2) is 48.8 Å². The maximum absolute atomic E-state index is 10.5. The van der Waals surface area contributed by atoms with Gasteiger partial charge in [0.05, 0.1) is 0 Å². The number of carbonyl (C=O) groups is 1. The summed E-state index contributed by atoms with van der Waals surface area (Å²) in [6.07, 6.45) is 8.06. The lowest BCUT2D eigenvalue weighted by molar-refractivity contribution is -0.696. The molecule has 0 aliphatic carbocycles. The van der Waals surface area contributed by atoms with Gasteiger partial charge < -0.3 is 5.11 Å². The summed E-state index contributed by atoms with van der Waals surface area (Å²) in [7, 11) is 0. The van der Waals surface area contributed by atoms with Crippen molar-refractivity contribution < 1.29 is 14.5 Å². The van der Waals surface area contributed by atoms with Crippen molar-refractivity contribution in [3.05, 3.63) is 65.5 Å². The molecular weight excluding hydrogens is 250 g/mol. The van der Waals surface area contributed by atoms with Crippen LogP contribution in [0.5, 0.6) is 0 Å². The minimum absolute atomic E-state index is 0.142. The van der Waals surface area contributed by atoms with E-state index in [1.54, 1.807) is 0 Å². The summed E-state index contributed by atoms with van der Waals surface area (Å²) in [4.78, 5) is 10.5. The summed E-state index contributed by atoms with van der Waals surface area (Å²) < 4.78 is 1.87. The fourth-order valence-corrected chi connectivity index (χ4v) is 1.82. The molecule has 0 saturated heterocycles. The van der Waals surface area contributed by atoms with E-state index in [1.807, 2.05) is 35.2 Å². The normalized spacial score (nSPS) is 10.8. The van der Waals surface area contributed by atoms with Crippen LogP contribution in [0.25, 0.3) is 12.2 Å². The van der Waals surface area contributed by atoms with Gasteiger partial charge in [0.25, 0.3) is 0 Å². The minimum atomic E-state index is -0.777. The summed E-state index contributed by atoms with van der Waals surface area (Å²) in [6.45, 7) is 2.57. The Hall–Kier alpha value is -2.42. The van der Waals surface area contributed by atoms with Gasteiger partial charge in [0.2, 0.25) is 0 Å². The first-order valence-electron chi connectivity index (χ1n) is 6.59.